The van der Waals surface area contributed by atoms with Crippen molar-refractivity contribution < 1.29 is 14.7 Å². The van der Waals surface area contributed by atoms with Gasteiger partial charge in [-0.3, -0.25) is 9.59 Å². The topological polar surface area (TPSA) is 66.4 Å². The second-order valence-corrected chi connectivity index (χ2v) is 5.85. The Hall–Kier alpha value is -1.84. The van der Waals surface area contributed by atoms with Crippen molar-refractivity contribution in [2.75, 3.05) is 5.32 Å². The summed E-state index contributed by atoms with van der Waals surface area (Å²) in [4.78, 5) is 23.3. The molecule has 1 aliphatic carbocycles. The van der Waals surface area contributed by atoms with Crippen molar-refractivity contribution in [2.24, 2.45) is 17.3 Å². The maximum absolute atomic E-state index is 12.2. The van der Waals surface area contributed by atoms with Crippen LogP contribution in [0.3, 0.4) is 0 Å². The number of aryl methyl sites for hydroxylation is 1. The summed E-state index contributed by atoms with van der Waals surface area (Å²) in [5.74, 6) is -2.14. The van der Waals surface area contributed by atoms with E-state index in [1.807, 2.05) is 45.9 Å². The van der Waals surface area contributed by atoms with E-state index in [-0.39, 0.29) is 5.91 Å². The first-order chi connectivity index (χ1) is 8.76. The zero-order valence-corrected chi connectivity index (χ0v) is 11.7. The molecule has 0 spiro atoms. The molecule has 1 aliphatic rings. The van der Waals surface area contributed by atoms with Crippen molar-refractivity contribution in [2.45, 2.75) is 27.7 Å². The van der Waals surface area contributed by atoms with E-state index in [1.54, 1.807) is 0 Å². The second kappa shape index (κ2) is 4.37. The molecular formula is C15H19NO3. The Morgan fingerprint density at radius 3 is 2.37 bits per heavy atom. The molecular weight excluding hydrogens is 242 g/mol. The molecule has 0 aliphatic heterocycles. The van der Waals surface area contributed by atoms with E-state index in [9.17, 15) is 9.59 Å². The summed E-state index contributed by atoms with van der Waals surface area (Å²) < 4.78 is 0. The highest BCUT2D eigenvalue weighted by atomic mass is 16.4. The number of hydrogen-bond donors (Lipinski definition) is 2. The molecule has 1 fully saturated rings. The van der Waals surface area contributed by atoms with Crippen LogP contribution >= 0.6 is 0 Å². The number of carbonyl (C=O) groups is 2. The number of carbonyl (C=O) groups excluding carboxylic acids is 1. The van der Waals surface area contributed by atoms with Crippen LogP contribution in [-0.4, -0.2) is 17.0 Å². The Morgan fingerprint density at radius 1 is 1.21 bits per heavy atom. The normalized spacial score (nSPS) is 23.8. The highest BCUT2D eigenvalue weighted by Crippen LogP contribution is 2.58. The Morgan fingerprint density at radius 2 is 1.84 bits per heavy atom. The zero-order valence-electron chi connectivity index (χ0n) is 11.7. The van der Waals surface area contributed by atoms with E-state index in [0.29, 0.717) is 0 Å². The van der Waals surface area contributed by atoms with Gasteiger partial charge in [-0.15, -0.1) is 0 Å². The van der Waals surface area contributed by atoms with Gasteiger partial charge in [0.2, 0.25) is 5.91 Å². The average molecular weight is 261 g/mol. The Kier molecular flexibility index (Phi) is 3.12. The van der Waals surface area contributed by atoms with Gasteiger partial charge in [-0.25, -0.2) is 0 Å². The number of carboxylic acid groups (broad SMARTS) is 1. The van der Waals surface area contributed by atoms with Gasteiger partial charge in [0.25, 0.3) is 0 Å². The molecule has 2 rings (SSSR count). The largest absolute Gasteiger partial charge is 0.481 e. The van der Waals surface area contributed by atoms with Gasteiger partial charge in [0.15, 0.2) is 0 Å². The zero-order chi connectivity index (χ0) is 14.4. The van der Waals surface area contributed by atoms with Crippen LogP contribution in [0, 0.1) is 31.1 Å². The molecule has 1 aromatic carbocycles. The average Bonchev–Trinajstić information content (AvgIpc) is 2.88. The minimum absolute atomic E-state index is 0.203. The molecule has 1 saturated carbocycles. The Labute approximate surface area is 112 Å². The SMILES string of the molecule is Cc1cccc(NC(=O)C2C(C(=O)O)C2(C)C)c1C. The van der Waals surface area contributed by atoms with Crippen molar-refractivity contribution >= 4 is 17.6 Å². The molecule has 0 aromatic heterocycles. The maximum Gasteiger partial charge on any atom is 0.307 e. The van der Waals surface area contributed by atoms with E-state index in [4.69, 9.17) is 5.11 Å². The van der Waals surface area contributed by atoms with Gasteiger partial charge in [-0.1, -0.05) is 26.0 Å². The van der Waals surface area contributed by atoms with Crippen LogP contribution < -0.4 is 5.32 Å². The van der Waals surface area contributed by atoms with E-state index in [2.05, 4.69) is 5.32 Å². The fraction of sp³-hybridized carbons (Fsp3) is 0.467. The standard InChI is InChI=1S/C15H19NO3/c1-8-6-5-7-10(9(8)2)16-13(17)11-12(14(18)19)15(11,3)4/h5-7,11-12H,1-4H3,(H,16,17)(H,18,19). The maximum atomic E-state index is 12.2. The molecule has 4 nitrogen and oxygen atoms in total. The first-order valence-electron chi connectivity index (χ1n) is 6.36. The van der Waals surface area contributed by atoms with Crippen LogP contribution in [0.4, 0.5) is 5.69 Å². The minimum atomic E-state index is -0.897. The molecule has 2 atom stereocenters. The third kappa shape index (κ3) is 2.23. The van der Waals surface area contributed by atoms with Crippen LogP contribution in [-0.2, 0) is 9.59 Å². The monoisotopic (exact) mass is 261 g/mol. The fourth-order valence-electron chi connectivity index (χ4n) is 2.68. The molecule has 2 unspecified atom stereocenters. The van der Waals surface area contributed by atoms with Crippen molar-refractivity contribution in [3.8, 4) is 0 Å². The summed E-state index contributed by atoms with van der Waals surface area (Å²) in [6.07, 6.45) is 0. The molecule has 0 saturated heterocycles. The van der Waals surface area contributed by atoms with Crippen LogP contribution in [0.2, 0.25) is 0 Å². The molecule has 1 amide bonds. The van der Waals surface area contributed by atoms with Gasteiger partial charge in [-0.2, -0.15) is 0 Å². The van der Waals surface area contributed by atoms with Gasteiger partial charge in [-0.05, 0) is 36.5 Å². The number of carboxylic acids is 1. The van der Waals surface area contributed by atoms with Crippen molar-refractivity contribution in [3.63, 3.8) is 0 Å². The van der Waals surface area contributed by atoms with Gasteiger partial charge in [0.1, 0.15) is 0 Å². The summed E-state index contributed by atoms with van der Waals surface area (Å²) in [7, 11) is 0. The number of aliphatic carboxylic acids is 1. The number of benzene rings is 1. The van der Waals surface area contributed by atoms with Gasteiger partial charge in [0.05, 0.1) is 11.8 Å². The number of nitrogens with one attached hydrogen (secondary N) is 1. The molecule has 19 heavy (non-hydrogen) atoms. The van der Waals surface area contributed by atoms with Crippen molar-refractivity contribution in [1.29, 1.82) is 0 Å². The first-order valence-corrected chi connectivity index (χ1v) is 6.36. The Balaban J connectivity index is 2.15. The highest BCUT2D eigenvalue weighted by Gasteiger charge is 2.65. The van der Waals surface area contributed by atoms with E-state index >= 15 is 0 Å². The third-order valence-corrected chi connectivity index (χ3v) is 4.24. The lowest BCUT2D eigenvalue weighted by molar-refractivity contribution is -0.140. The summed E-state index contributed by atoms with van der Waals surface area (Å²) in [6.45, 7) is 7.56. The van der Waals surface area contributed by atoms with E-state index in [1.165, 1.54) is 0 Å². The minimum Gasteiger partial charge on any atom is -0.481 e. The van der Waals surface area contributed by atoms with Crippen molar-refractivity contribution in [3.05, 3.63) is 29.3 Å². The Bertz CT molecular complexity index is 548. The van der Waals surface area contributed by atoms with Gasteiger partial charge < -0.3 is 10.4 Å². The van der Waals surface area contributed by atoms with Crippen LogP contribution in [0.1, 0.15) is 25.0 Å². The quantitative estimate of drug-likeness (QED) is 0.879. The summed E-state index contributed by atoms with van der Waals surface area (Å²) >= 11 is 0. The smallest absolute Gasteiger partial charge is 0.307 e. The lowest BCUT2D eigenvalue weighted by Crippen LogP contribution is -2.18. The fourth-order valence-corrected chi connectivity index (χ4v) is 2.68. The van der Waals surface area contributed by atoms with Crippen LogP contribution in [0.5, 0.6) is 0 Å². The summed E-state index contributed by atoms with van der Waals surface area (Å²) in [5.41, 5.74) is 2.41. The van der Waals surface area contributed by atoms with Gasteiger partial charge in [0, 0.05) is 5.69 Å². The molecule has 0 bridgehead atoms. The number of amides is 1. The highest BCUT2D eigenvalue weighted by molar-refractivity contribution is 6.00. The van der Waals surface area contributed by atoms with Crippen LogP contribution in [0.15, 0.2) is 18.2 Å². The summed E-state index contributed by atoms with van der Waals surface area (Å²) in [5, 5.41) is 11.9. The lowest BCUT2D eigenvalue weighted by Gasteiger charge is -2.10. The summed E-state index contributed by atoms with van der Waals surface area (Å²) in [6, 6.07) is 5.70. The number of anilines is 1. The van der Waals surface area contributed by atoms with E-state index < -0.39 is 23.2 Å². The lowest BCUT2D eigenvalue weighted by atomic mass is 10.1. The number of hydrogen-bond acceptors (Lipinski definition) is 2. The number of rotatable bonds is 3. The molecule has 2 N–H and O–H groups in total. The first kappa shape index (κ1) is 13.6. The predicted octanol–water partition coefficient (Wildman–Crippen LogP) is 2.60. The second-order valence-electron chi connectivity index (χ2n) is 5.85. The molecule has 0 radical (unpaired) electrons. The molecule has 1 aromatic rings. The molecule has 4 heteroatoms. The van der Waals surface area contributed by atoms with Gasteiger partial charge >= 0.3 is 5.97 Å². The predicted molar refractivity (Wildman–Crippen MR) is 72.9 cm³/mol. The van der Waals surface area contributed by atoms with Crippen molar-refractivity contribution in [1.82, 2.24) is 0 Å². The van der Waals surface area contributed by atoms with E-state index in [0.717, 1.165) is 16.8 Å². The third-order valence-electron chi connectivity index (χ3n) is 4.24. The van der Waals surface area contributed by atoms with Crippen LogP contribution in [0.25, 0.3) is 0 Å². The molecule has 102 valence electrons. The molecule has 0 heterocycles.